The number of rotatable bonds is 4. The topological polar surface area (TPSA) is 37.7 Å². The highest BCUT2D eigenvalue weighted by atomic mass is 32.2. The van der Waals surface area contributed by atoms with E-state index in [9.17, 15) is 0 Å². The predicted molar refractivity (Wildman–Crippen MR) is 103 cm³/mol. The number of ether oxygens (including phenoxy) is 1. The quantitative estimate of drug-likeness (QED) is 0.813. The lowest BCUT2D eigenvalue weighted by Crippen LogP contribution is -2.29. The first-order chi connectivity index (χ1) is 12.1. The lowest BCUT2D eigenvalue weighted by Gasteiger charge is -2.29. The Hall–Kier alpha value is -2.01. The number of aromatic nitrogens is 1. The summed E-state index contributed by atoms with van der Waals surface area (Å²) in [5, 5.41) is 1.69. The summed E-state index contributed by atoms with van der Waals surface area (Å²) in [7, 11) is 0. The molecule has 1 saturated heterocycles. The first kappa shape index (κ1) is 16.5. The highest BCUT2D eigenvalue weighted by molar-refractivity contribution is 8.14. The van der Waals surface area contributed by atoms with Crippen LogP contribution in [-0.4, -0.2) is 33.0 Å². The molecule has 25 heavy (non-hydrogen) atoms. The maximum Gasteiger partial charge on any atom is 0.160 e. The number of para-hydroxylation sites is 1. The van der Waals surface area contributed by atoms with Crippen molar-refractivity contribution in [2.24, 2.45) is 4.99 Å². The Morgan fingerprint density at radius 3 is 2.72 bits per heavy atom. The maximum absolute atomic E-state index is 6.11. The highest BCUT2D eigenvalue weighted by Gasteiger charge is 2.44. The van der Waals surface area contributed by atoms with E-state index in [0.717, 1.165) is 23.2 Å². The molecule has 0 radical (unpaired) electrons. The third kappa shape index (κ3) is 3.13. The number of hydrogen-bond acceptors (Lipinski definition) is 5. The minimum atomic E-state index is 0.00751. The van der Waals surface area contributed by atoms with Crippen LogP contribution in [0, 0.1) is 0 Å². The minimum Gasteiger partial charge on any atom is -0.491 e. The fourth-order valence-electron chi connectivity index (χ4n) is 3.54. The van der Waals surface area contributed by atoms with Gasteiger partial charge in [-0.2, -0.15) is 0 Å². The molecule has 2 aliphatic heterocycles. The van der Waals surface area contributed by atoms with Crippen LogP contribution >= 0.6 is 11.8 Å². The first-order valence-electron chi connectivity index (χ1n) is 8.81. The second-order valence-electron chi connectivity index (χ2n) is 6.84. The van der Waals surface area contributed by atoms with E-state index in [4.69, 9.17) is 9.73 Å². The van der Waals surface area contributed by atoms with E-state index in [2.05, 4.69) is 54.9 Å². The van der Waals surface area contributed by atoms with Crippen LogP contribution in [0.3, 0.4) is 0 Å². The van der Waals surface area contributed by atoms with Crippen LogP contribution in [0.2, 0.25) is 0 Å². The molecule has 0 saturated carbocycles. The summed E-state index contributed by atoms with van der Waals surface area (Å²) in [6.07, 6.45) is 1.99. The lowest BCUT2D eigenvalue weighted by atomic mass is 9.95. The van der Waals surface area contributed by atoms with Gasteiger partial charge in [-0.3, -0.25) is 9.98 Å². The number of aliphatic imine (C=N–C) groups is 1. The summed E-state index contributed by atoms with van der Waals surface area (Å²) in [6.45, 7) is 7.40. The molecule has 1 aromatic carbocycles. The Morgan fingerprint density at radius 1 is 1.16 bits per heavy atom. The molecular weight excluding hydrogens is 330 g/mol. The van der Waals surface area contributed by atoms with Gasteiger partial charge in [-0.05, 0) is 32.0 Å². The van der Waals surface area contributed by atoms with Crippen molar-refractivity contribution >= 4 is 16.9 Å². The van der Waals surface area contributed by atoms with Crippen LogP contribution in [0.25, 0.3) is 0 Å². The van der Waals surface area contributed by atoms with E-state index in [0.29, 0.717) is 5.25 Å². The van der Waals surface area contributed by atoms with Crippen molar-refractivity contribution in [3.63, 3.8) is 0 Å². The lowest BCUT2D eigenvalue weighted by molar-refractivity contribution is 0.230. The molecule has 0 bridgehead atoms. The smallest absolute Gasteiger partial charge is 0.160 e. The van der Waals surface area contributed by atoms with E-state index in [1.54, 1.807) is 0 Å². The Morgan fingerprint density at radius 2 is 1.96 bits per heavy atom. The molecule has 0 unspecified atom stereocenters. The fourth-order valence-corrected chi connectivity index (χ4v) is 4.63. The number of hydrogen-bond donors (Lipinski definition) is 0. The average Bonchev–Trinajstić information content (AvgIpc) is 3.12. The van der Waals surface area contributed by atoms with E-state index in [-0.39, 0.29) is 18.2 Å². The van der Waals surface area contributed by atoms with Gasteiger partial charge >= 0.3 is 0 Å². The molecule has 1 fully saturated rings. The van der Waals surface area contributed by atoms with Gasteiger partial charge in [-0.1, -0.05) is 43.0 Å². The monoisotopic (exact) mass is 353 g/mol. The van der Waals surface area contributed by atoms with Crippen LogP contribution < -0.4 is 4.74 Å². The van der Waals surface area contributed by atoms with Crippen molar-refractivity contribution < 1.29 is 4.74 Å². The number of amidine groups is 1. The van der Waals surface area contributed by atoms with Gasteiger partial charge in [0.25, 0.3) is 0 Å². The molecule has 130 valence electrons. The van der Waals surface area contributed by atoms with Gasteiger partial charge in [0.2, 0.25) is 0 Å². The third-order valence-electron chi connectivity index (χ3n) is 4.48. The largest absolute Gasteiger partial charge is 0.491 e. The molecule has 3 atom stereocenters. The predicted octanol–water partition coefficient (Wildman–Crippen LogP) is 4.46. The van der Waals surface area contributed by atoms with Crippen LogP contribution in [0.4, 0.5) is 0 Å². The SMILES string of the molecule is CC(C)Oc1ccccc1[C@H]1[C@H](c2ccccn2)N=C2S[C@@H](C)CN21. The van der Waals surface area contributed by atoms with Gasteiger partial charge in [-0.25, -0.2) is 0 Å². The van der Waals surface area contributed by atoms with E-state index in [1.165, 1.54) is 5.56 Å². The van der Waals surface area contributed by atoms with Crippen LogP contribution in [-0.2, 0) is 0 Å². The molecule has 5 heteroatoms. The number of benzene rings is 1. The standard InChI is InChI=1S/C20H23N3OS/c1-13(2)24-17-10-5-4-8-15(17)19-18(16-9-6-7-11-21-16)22-20-23(19)12-14(3)25-20/h4-11,13-14,18-19H,12H2,1-3H3/t14-,18-,19-/m0/s1. The second kappa shape index (κ2) is 6.71. The Bertz CT molecular complexity index is 778. The van der Waals surface area contributed by atoms with Crippen molar-refractivity contribution in [3.8, 4) is 5.75 Å². The van der Waals surface area contributed by atoms with E-state index < -0.39 is 0 Å². The Labute approximate surface area is 153 Å². The van der Waals surface area contributed by atoms with Gasteiger partial charge in [0.15, 0.2) is 5.17 Å². The normalized spacial score (nSPS) is 25.2. The summed E-state index contributed by atoms with van der Waals surface area (Å²) in [6, 6.07) is 14.6. The molecule has 4 rings (SSSR count). The molecule has 0 amide bonds. The molecule has 0 spiro atoms. The van der Waals surface area contributed by atoms with Crippen LogP contribution in [0.15, 0.2) is 53.7 Å². The summed E-state index contributed by atoms with van der Waals surface area (Å²) >= 11 is 1.86. The molecule has 3 heterocycles. The van der Waals surface area contributed by atoms with Gasteiger partial charge in [0, 0.05) is 23.6 Å². The Balaban J connectivity index is 1.78. The van der Waals surface area contributed by atoms with Gasteiger partial charge in [0.05, 0.1) is 17.8 Å². The fraction of sp³-hybridized carbons (Fsp3) is 0.400. The average molecular weight is 353 g/mol. The summed E-state index contributed by atoms with van der Waals surface area (Å²) in [4.78, 5) is 12.1. The third-order valence-corrected chi connectivity index (χ3v) is 5.58. The van der Waals surface area contributed by atoms with Crippen LogP contribution in [0.1, 0.15) is 44.1 Å². The summed E-state index contributed by atoms with van der Waals surface area (Å²) in [5.74, 6) is 0.949. The zero-order valence-corrected chi connectivity index (χ0v) is 15.6. The van der Waals surface area contributed by atoms with Crippen molar-refractivity contribution in [2.75, 3.05) is 6.54 Å². The molecule has 4 nitrogen and oxygen atoms in total. The van der Waals surface area contributed by atoms with Gasteiger partial charge in [-0.15, -0.1) is 0 Å². The summed E-state index contributed by atoms with van der Waals surface area (Å²) < 4.78 is 6.11. The van der Waals surface area contributed by atoms with Crippen molar-refractivity contribution in [3.05, 3.63) is 59.9 Å². The van der Waals surface area contributed by atoms with Gasteiger partial charge < -0.3 is 9.64 Å². The van der Waals surface area contributed by atoms with Crippen molar-refractivity contribution in [2.45, 2.75) is 44.2 Å². The zero-order chi connectivity index (χ0) is 17.4. The van der Waals surface area contributed by atoms with Crippen molar-refractivity contribution in [1.29, 1.82) is 0 Å². The number of fused-ring (bicyclic) bond motifs is 1. The number of nitrogens with zero attached hydrogens (tertiary/aromatic N) is 3. The minimum absolute atomic E-state index is 0.00751. The second-order valence-corrected chi connectivity index (χ2v) is 8.25. The number of thioether (sulfide) groups is 1. The highest BCUT2D eigenvalue weighted by Crippen LogP contribution is 2.49. The summed E-state index contributed by atoms with van der Waals surface area (Å²) in [5.41, 5.74) is 2.21. The number of pyridine rings is 1. The van der Waals surface area contributed by atoms with Gasteiger partial charge in [0.1, 0.15) is 11.8 Å². The first-order valence-corrected chi connectivity index (χ1v) is 9.69. The van der Waals surface area contributed by atoms with Crippen LogP contribution in [0.5, 0.6) is 5.75 Å². The molecule has 1 aromatic heterocycles. The molecule has 2 aromatic rings. The Kier molecular flexibility index (Phi) is 4.42. The van der Waals surface area contributed by atoms with Crippen molar-refractivity contribution in [1.82, 2.24) is 9.88 Å². The zero-order valence-electron chi connectivity index (χ0n) is 14.8. The molecule has 2 aliphatic rings. The maximum atomic E-state index is 6.11. The van der Waals surface area contributed by atoms with E-state index >= 15 is 0 Å². The molecule has 0 N–H and O–H groups in total. The van der Waals surface area contributed by atoms with E-state index in [1.807, 2.05) is 36.2 Å². The molecular formula is C20H23N3OS. The molecule has 0 aliphatic carbocycles.